The molecule has 0 aliphatic carbocycles. The van der Waals surface area contributed by atoms with Gasteiger partial charge in [-0.2, -0.15) is 17.9 Å². The Hall–Kier alpha value is -0.480. The maximum absolute atomic E-state index is 11.1. The van der Waals surface area contributed by atoms with Crippen LogP contribution in [0.2, 0.25) is 0 Å². The van der Waals surface area contributed by atoms with Gasteiger partial charge in [0.25, 0.3) is 0 Å². The van der Waals surface area contributed by atoms with Gasteiger partial charge < -0.3 is 0 Å². The number of hydrogen-bond donors (Lipinski definition) is 3. The first-order chi connectivity index (χ1) is 9.48. The summed E-state index contributed by atoms with van der Waals surface area (Å²) in [5.74, 6) is -0.164. The fourth-order valence-electron chi connectivity index (χ4n) is 0.836. The van der Waals surface area contributed by atoms with Crippen molar-refractivity contribution in [3.63, 3.8) is 0 Å². The van der Waals surface area contributed by atoms with Gasteiger partial charge in [0.15, 0.2) is 0 Å². The molecule has 1 atom stereocenters. The van der Waals surface area contributed by atoms with Gasteiger partial charge in [-0.3, -0.25) is 0 Å². The van der Waals surface area contributed by atoms with E-state index in [4.69, 9.17) is 5.14 Å². The summed E-state index contributed by atoms with van der Waals surface area (Å²) in [6.07, 6.45) is 0.714. The highest BCUT2D eigenvalue weighted by molar-refractivity contribution is 7.93. The Balaban J connectivity index is 0. The minimum Gasteiger partial charge on any atom is -0.227 e. The minimum atomic E-state index is -5.34. The molecule has 9 nitrogen and oxygen atoms in total. The van der Waals surface area contributed by atoms with E-state index in [0.29, 0.717) is 6.42 Å². The summed E-state index contributed by atoms with van der Waals surface area (Å²) in [5, 5.41) is 7.32. The summed E-state index contributed by atoms with van der Waals surface area (Å²) in [7, 11) is -12.7. The monoisotopic (exact) mass is 393 g/mol. The van der Waals surface area contributed by atoms with E-state index in [9.17, 15) is 38.4 Å². The van der Waals surface area contributed by atoms with Crippen LogP contribution >= 0.6 is 0 Å². The molecule has 0 aromatic rings. The van der Waals surface area contributed by atoms with Gasteiger partial charge in [-0.1, -0.05) is 13.3 Å². The third-order valence-electron chi connectivity index (χ3n) is 1.96. The first-order valence-corrected chi connectivity index (χ1v) is 10.4. The van der Waals surface area contributed by atoms with Crippen molar-refractivity contribution in [2.45, 2.75) is 37.6 Å². The smallest absolute Gasteiger partial charge is 0.227 e. The summed E-state index contributed by atoms with van der Waals surface area (Å²) < 4.78 is 97.3. The van der Waals surface area contributed by atoms with E-state index in [1.54, 1.807) is 6.92 Å². The Labute approximate surface area is 127 Å². The van der Waals surface area contributed by atoms with Gasteiger partial charge in [-0.15, -0.1) is 0 Å². The van der Waals surface area contributed by atoms with Crippen LogP contribution in [-0.2, 0) is 30.1 Å². The van der Waals surface area contributed by atoms with Crippen molar-refractivity contribution < 1.29 is 38.4 Å². The Morgan fingerprint density at radius 2 is 1.36 bits per heavy atom. The molecule has 5 N–H and O–H groups in total. The van der Waals surface area contributed by atoms with Crippen LogP contribution in [-0.4, -0.2) is 41.9 Å². The lowest BCUT2D eigenvalue weighted by Crippen LogP contribution is -2.44. The zero-order chi connectivity index (χ0) is 18.4. The number of halogens is 3. The van der Waals surface area contributed by atoms with Crippen molar-refractivity contribution in [1.82, 2.24) is 4.72 Å². The number of primary sulfonamides is 2. The molecule has 0 amide bonds. The molecule has 0 radical (unpaired) electrons. The van der Waals surface area contributed by atoms with Crippen LogP contribution in [0.5, 0.6) is 0 Å². The van der Waals surface area contributed by atoms with Crippen LogP contribution in [0.4, 0.5) is 13.2 Å². The lowest BCUT2D eigenvalue weighted by Gasteiger charge is -2.14. The van der Waals surface area contributed by atoms with E-state index < -0.39 is 41.0 Å². The van der Waals surface area contributed by atoms with E-state index in [0.717, 1.165) is 0 Å². The van der Waals surface area contributed by atoms with Crippen LogP contribution in [0.1, 0.15) is 26.7 Å². The highest BCUT2D eigenvalue weighted by atomic mass is 32.2. The second-order valence-corrected chi connectivity index (χ2v) is 9.22. The first kappa shape index (κ1) is 23.8. The molecule has 1 unspecified atom stereocenters. The number of nitrogens with two attached hydrogens (primary N) is 2. The second kappa shape index (κ2) is 8.39. The SMILES string of the molecule is CCCC(NS(=O)(=O)CC)S(N)(=O)=O.NS(=O)(=O)C(F)(F)F. The van der Waals surface area contributed by atoms with Gasteiger partial charge >= 0.3 is 15.5 Å². The van der Waals surface area contributed by atoms with Gasteiger partial charge in [-0.05, 0) is 13.3 Å². The third kappa shape index (κ3) is 10.3. The van der Waals surface area contributed by atoms with Gasteiger partial charge in [-0.25, -0.2) is 35.5 Å². The summed E-state index contributed by atoms with van der Waals surface area (Å²) in [4.78, 5) is 0. The Morgan fingerprint density at radius 1 is 1.00 bits per heavy atom. The molecule has 0 aliphatic heterocycles. The fourth-order valence-corrected chi connectivity index (χ4v) is 3.06. The lowest BCUT2D eigenvalue weighted by molar-refractivity contribution is -0.0436. The fraction of sp³-hybridized carbons (Fsp3) is 1.00. The van der Waals surface area contributed by atoms with Crippen LogP contribution in [0.3, 0.4) is 0 Å². The first-order valence-electron chi connectivity index (χ1n) is 5.58. The zero-order valence-electron chi connectivity index (χ0n) is 11.7. The summed E-state index contributed by atoms with van der Waals surface area (Å²) in [6, 6.07) is 0. The van der Waals surface area contributed by atoms with E-state index in [2.05, 4.69) is 5.14 Å². The average molecular weight is 393 g/mol. The Morgan fingerprint density at radius 3 is 1.55 bits per heavy atom. The van der Waals surface area contributed by atoms with E-state index in [1.807, 2.05) is 4.72 Å². The summed E-state index contributed by atoms with van der Waals surface area (Å²) >= 11 is 0. The summed E-state index contributed by atoms with van der Waals surface area (Å²) in [6.45, 7) is 3.17. The topological polar surface area (TPSA) is 166 Å². The molecule has 0 aliphatic rings. The quantitative estimate of drug-likeness (QED) is 0.530. The molecule has 22 heavy (non-hydrogen) atoms. The van der Waals surface area contributed by atoms with E-state index in [-0.39, 0.29) is 12.2 Å². The number of rotatable bonds is 6. The molecule has 0 aromatic heterocycles. The molecular formula is C7H18F3N3O6S3. The predicted octanol–water partition coefficient (Wildman–Crippen LogP) is -0.865. The number of sulfonamides is 3. The molecule has 0 bridgehead atoms. The lowest BCUT2D eigenvalue weighted by atomic mass is 10.3. The Bertz CT molecular complexity index is 629. The second-order valence-electron chi connectivity index (χ2n) is 3.88. The maximum atomic E-state index is 11.1. The molecule has 0 spiro atoms. The standard InChI is InChI=1S/C6H16N2O4S2.CH2F3NO2S/c1-3-5-6(14(7,11)12)8-13(9,10)4-2;2-1(3,4)8(5,6)7/h6,8H,3-5H2,1-2H3,(H2,7,11,12);(H2,5,6,7). The number of hydrogen-bond acceptors (Lipinski definition) is 6. The predicted molar refractivity (Wildman–Crippen MR) is 73.6 cm³/mol. The van der Waals surface area contributed by atoms with Crippen LogP contribution in [0.25, 0.3) is 0 Å². The van der Waals surface area contributed by atoms with Crippen molar-refractivity contribution >= 4 is 30.1 Å². The van der Waals surface area contributed by atoms with Gasteiger partial charge in [0, 0.05) is 0 Å². The molecule has 0 saturated heterocycles. The van der Waals surface area contributed by atoms with Crippen LogP contribution < -0.4 is 15.0 Å². The minimum absolute atomic E-state index is 0.164. The van der Waals surface area contributed by atoms with Gasteiger partial charge in [0.2, 0.25) is 20.0 Å². The van der Waals surface area contributed by atoms with E-state index >= 15 is 0 Å². The third-order valence-corrected chi connectivity index (χ3v) is 5.31. The number of alkyl halides is 3. The highest BCUT2D eigenvalue weighted by Crippen LogP contribution is 2.18. The molecular weight excluding hydrogens is 375 g/mol. The van der Waals surface area contributed by atoms with Gasteiger partial charge in [0.05, 0.1) is 5.75 Å². The van der Waals surface area contributed by atoms with Crippen LogP contribution in [0.15, 0.2) is 0 Å². The largest absolute Gasteiger partial charge is 0.511 e. The average Bonchev–Trinajstić information content (AvgIpc) is 2.25. The number of nitrogens with one attached hydrogen (secondary N) is 1. The normalized spacial score (nSPS) is 14.9. The molecule has 0 heterocycles. The van der Waals surface area contributed by atoms with Crippen molar-refractivity contribution in [2.24, 2.45) is 10.3 Å². The molecule has 0 saturated carbocycles. The van der Waals surface area contributed by atoms with Crippen molar-refractivity contribution in [3.05, 3.63) is 0 Å². The summed E-state index contributed by atoms with van der Waals surface area (Å²) in [5.41, 5.74) is -5.31. The molecule has 0 aromatic carbocycles. The van der Waals surface area contributed by atoms with Crippen molar-refractivity contribution in [3.8, 4) is 0 Å². The van der Waals surface area contributed by atoms with Crippen LogP contribution in [0, 0.1) is 0 Å². The van der Waals surface area contributed by atoms with Gasteiger partial charge in [0.1, 0.15) is 5.37 Å². The molecule has 136 valence electrons. The molecule has 15 heteroatoms. The Kier molecular flexibility index (Phi) is 9.07. The highest BCUT2D eigenvalue weighted by Gasteiger charge is 2.42. The molecule has 0 fully saturated rings. The molecule has 0 rings (SSSR count). The van der Waals surface area contributed by atoms with E-state index in [1.165, 1.54) is 6.92 Å². The van der Waals surface area contributed by atoms with Crippen molar-refractivity contribution in [1.29, 1.82) is 0 Å². The zero-order valence-corrected chi connectivity index (χ0v) is 14.1. The maximum Gasteiger partial charge on any atom is 0.511 e. The van der Waals surface area contributed by atoms with Crippen molar-refractivity contribution in [2.75, 3.05) is 5.75 Å².